The topological polar surface area (TPSA) is 50.2 Å². The first-order valence-corrected chi connectivity index (χ1v) is 7.19. The maximum Gasteiger partial charge on any atom is 0.416 e. The fourth-order valence-electron chi connectivity index (χ4n) is 2.33. The number of alkyl halides is 3. The van der Waals surface area contributed by atoms with E-state index in [1.165, 1.54) is 18.3 Å². The number of aromatic nitrogens is 1. The first kappa shape index (κ1) is 17.0. The third kappa shape index (κ3) is 4.09. The minimum absolute atomic E-state index is 0.503. The summed E-state index contributed by atoms with van der Waals surface area (Å²) in [5.41, 5.74) is 0.928. The molecule has 0 bridgehead atoms. The molecule has 1 N–H and O–H groups in total. The van der Waals surface area contributed by atoms with E-state index in [2.05, 4.69) is 4.98 Å². The lowest BCUT2D eigenvalue weighted by atomic mass is 9.95. The highest BCUT2D eigenvalue weighted by atomic mass is 19.4. The average molecular weight is 323 g/mol. The molecule has 1 atom stereocenters. The lowest BCUT2D eigenvalue weighted by Gasteiger charge is -2.12. The van der Waals surface area contributed by atoms with Crippen LogP contribution in [0, 0.1) is 0 Å². The van der Waals surface area contributed by atoms with E-state index in [1.807, 2.05) is 6.92 Å². The van der Waals surface area contributed by atoms with Gasteiger partial charge in [-0.2, -0.15) is 13.2 Å². The van der Waals surface area contributed by atoms with Gasteiger partial charge in [0.25, 0.3) is 0 Å². The van der Waals surface area contributed by atoms with E-state index in [0.717, 1.165) is 18.6 Å². The molecule has 0 radical (unpaired) electrons. The average Bonchev–Trinajstić information content (AvgIpc) is 2.52. The minimum atomic E-state index is -4.37. The number of benzene rings is 1. The van der Waals surface area contributed by atoms with Gasteiger partial charge in [0.05, 0.1) is 17.2 Å². The van der Waals surface area contributed by atoms with E-state index in [1.54, 1.807) is 12.1 Å². The number of hydrogen-bond acceptors (Lipinski definition) is 2. The lowest BCUT2D eigenvalue weighted by Crippen LogP contribution is -2.11. The molecule has 0 spiro atoms. The fraction of sp³-hybridized carbons (Fsp3) is 0.294. The van der Waals surface area contributed by atoms with E-state index < -0.39 is 23.6 Å². The molecule has 1 unspecified atom stereocenters. The van der Waals surface area contributed by atoms with Crippen molar-refractivity contribution < 1.29 is 23.1 Å². The van der Waals surface area contributed by atoms with Crippen LogP contribution in [0.1, 0.15) is 36.8 Å². The molecule has 3 nitrogen and oxygen atoms in total. The molecular formula is C17H16F3NO2. The van der Waals surface area contributed by atoms with Crippen molar-refractivity contribution in [1.82, 2.24) is 4.98 Å². The molecule has 2 aromatic rings. The Bertz CT molecular complexity index is 664. The Morgan fingerprint density at radius 2 is 1.83 bits per heavy atom. The van der Waals surface area contributed by atoms with Crippen LogP contribution in [0.3, 0.4) is 0 Å². The molecular weight excluding hydrogens is 307 g/mol. The Labute approximate surface area is 131 Å². The molecule has 23 heavy (non-hydrogen) atoms. The zero-order valence-corrected chi connectivity index (χ0v) is 12.5. The first-order valence-electron chi connectivity index (χ1n) is 7.19. The van der Waals surface area contributed by atoms with Crippen LogP contribution in [-0.4, -0.2) is 16.1 Å². The monoisotopic (exact) mass is 323 g/mol. The summed E-state index contributed by atoms with van der Waals surface area (Å²) >= 11 is 0. The van der Waals surface area contributed by atoms with Crippen molar-refractivity contribution in [2.45, 2.75) is 31.9 Å². The van der Waals surface area contributed by atoms with Gasteiger partial charge >= 0.3 is 12.1 Å². The third-order valence-corrected chi connectivity index (χ3v) is 3.57. The number of pyridine rings is 1. The van der Waals surface area contributed by atoms with Crippen molar-refractivity contribution in [2.75, 3.05) is 0 Å². The van der Waals surface area contributed by atoms with Crippen LogP contribution in [0.2, 0.25) is 0 Å². The normalized spacial score (nSPS) is 12.9. The summed E-state index contributed by atoms with van der Waals surface area (Å²) in [6.07, 6.45) is -1.65. The Hall–Kier alpha value is -2.37. The van der Waals surface area contributed by atoms with Gasteiger partial charge < -0.3 is 5.11 Å². The molecule has 0 saturated carbocycles. The summed E-state index contributed by atoms with van der Waals surface area (Å²) < 4.78 is 37.6. The van der Waals surface area contributed by atoms with Crippen LogP contribution in [0.25, 0.3) is 11.3 Å². The zero-order chi connectivity index (χ0) is 17.0. The van der Waals surface area contributed by atoms with Crippen LogP contribution >= 0.6 is 0 Å². The highest BCUT2D eigenvalue weighted by molar-refractivity contribution is 5.76. The van der Waals surface area contributed by atoms with Gasteiger partial charge in [-0.25, -0.2) is 0 Å². The summed E-state index contributed by atoms with van der Waals surface area (Å²) in [5.74, 6) is -1.52. The van der Waals surface area contributed by atoms with E-state index >= 15 is 0 Å². The number of rotatable bonds is 5. The molecule has 2 rings (SSSR count). The third-order valence-electron chi connectivity index (χ3n) is 3.57. The molecule has 0 saturated heterocycles. The highest BCUT2D eigenvalue weighted by Gasteiger charge is 2.30. The summed E-state index contributed by atoms with van der Waals surface area (Å²) in [5, 5.41) is 9.22. The van der Waals surface area contributed by atoms with Crippen molar-refractivity contribution in [3.63, 3.8) is 0 Å². The number of nitrogens with zero attached hydrogens (tertiary/aromatic N) is 1. The van der Waals surface area contributed by atoms with Crippen molar-refractivity contribution in [3.8, 4) is 11.3 Å². The Morgan fingerprint density at radius 1 is 1.17 bits per heavy atom. The van der Waals surface area contributed by atoms with Crippen LogP contribution in [0.4, 0.5) is 13.2 Å². The van der Waals surface area contributed by atoms with Crippen molar-refractivity contribution >= 4 is 5.97 Å². The van der Waals surface area contributed by atoms with Gasteiger partial charge in [0.2, 0.25) is 0 Å². The quantitative estimate of drug-likeness (QED) is 0.865. The van der Waals surface area contributed by atoms with Crippen LogP contribution in [-0.2, 0) is 11.0 Å². The number of aliphatic carboxylic acids is 1. The number of carboxylic acid groups (broad SMARTS) is 1. The van der Waals surface area contributed by atoms with Gasteiger partial charge in [0, 0.05) is 11.8 Å². The van der Waals surface area contributed by atoms with E-state index in [-0.39, 0.29) is 0 Å². The van der Waals surface area contributed by atoms with Gasteiger partial charge in [-0.3, -0.25) is 9.78 Å². The maximum atomic E-state index is 12.5. The van der Waals surface area contributed by atoms with Gasteiger partial charge in [0.1, 0.15) is 0 Å². The molecule has 1 aromatic heterocycles. The molecule has 0 aliphatic carbocycles. The maximum absolute atomic E-state index is 12.5. The van der Waals surface area contributed by atoms with Gasteiger partial charge in [0.15, 0.2) is 0 Å². The first-order chi connectivity index (χ1) is 10.8. The number of halogens is 3. The molecule has 1 heterocycles. The van der Waals surface area contributed by atoms with Crippen LogP contribution in [0.5, 0.6) is 0 Å². The Morgan fingerprint density at radius 3 is 2.26 bits per heavy atom. The SMILES string of the molecule is CCCC(C(=O)O)c1ccc(-c2ccc(C(F)(F)F)cc2)nc1. The van der Waals surface area contributed by atoms with Gasteiger partial charge in [-0.1, -0.05) is 31.5 Å². The van der Waals surface area contributed by atoms with E-state index in [4.69, 9.17) is 0 Å². The van der Waals surface area contributed by atoms with Crippen molar-refractivity contribution in [1.29, 1.82) is 0 Å². The lowest BCUT2D eigenvalue weighted by molar-refractivity contribution is -0.139. The summed E-state index contributed by atoms with van der Waals surface area (Å²) in [6.45, 7) is 1.90. The van der Waals surface area contributed by atoms with Gasteiger partial charge in [-0.05, 0) is 30.2 Å². The Balaban J connectivity index is 2.24. The minimum Gasteiger partial charge on any atom is -0.481 e. The molecule has 1 aromatic carbocycles. The second-order valence-corrected chi connectivity index (χ2v) is 5.23. The standard InChI is InChI=1S/C17H16F3NO2/c1-2-3-14(16(22)23)12-6-9-15(21-10-12)11-4-7-13(8-5-11)17(18,19)20/h4-10,14H,2-3H2,1H3,(H,22,23). The molecule has 6 heteroatoms. The van der Waals surface area contributed by atoms with E-state index in [9.17, 15) is 23.1 Å². The van der Waals surface area contributed by atoms with E-state index in [0.29, 0.717) is 23.2 Å². The number of hydrogen-bond donors (Lipinski definition) is 1. The summed E-state index contributed by atoms with van der Waals surface area (Å²) in [4.78, 5) is 15.4. The highest BCUT2D eigenvalue weighted by Crippen LogP contribution is 2.31. The summed E-state index contributed by atoms with van der Waals surface area (Å²) in [6, 6.07) is 8.00. The number of carboxylic acids is 1. The second kappa shape index (κ2) is 6.81. The second-order valence-electron chi connectivity index (χ2n) is 5.23. The van der Waals surface area contributed by atoms with Crippen molar-refractivity contribution in [3.05, 3.63) is 53.7 Å². The Kier molecular flexibility index (Phi) is 5.03. The molecule has 122 valence electrons. The molecule has 0 fully saturated rings. The molecule has 0 aliphatic rings. The van der Waals surface area contributed by atoms with Crippen LogP contribution < -0.4 is 0 Å². The molecule has 0 amide bonds. The van der Waals surface area contributed by atoms with Crippen molar-refractivity contribution in [2.24, 2.45) is 0 Å². The largest absolute Gasteiger partial charge is 0.481 e. The van der Waals surface area contributed by atoms with Gasteiger partial charge in [-0.15, -0.1) is 0 Å². The zero-order valence-electron chi connectivity index (χ0n) is 12.5. The smallest absolute Gasteiger partial charge is 0.416 e. The summed E-state index contributed by atoms with van der Waals surface area (Å²) in [7, 11) is 0. The molecule has 0 aliphatic heterocycles. The number of carbonyl (C=O) groups is 1. The fourth-order valence-corrected chi connectivity index (χ4v) is 2.33. The van der Waals surface area contributed by atoms with Crippen LogP contribution in [0.15, 0.2) is 42.6 Å². The predicted octanol–water partition coefficient (Wildman–Crippen LogP) is 4.74. The predicted molar refractivity (Wildman–Crippen MR) is 80.0 cm³/mol.